The maximum absolute atomic E-state index is 10.3. The highest BCUT2D eigenvalue weighted by atomic mass is 16.7. The van der Waals surface area contributed by atoms with E-state index >= 15 is 0 Å². The highest BCUT2D eigenvalue weighted by molar-refractivity contribution is 5.89. The highest BCUT2D eigenvalue weighted by Crippen LogP contribution is 2.68. The second kappa shape index (κ2) is 7.38. The summed E-state index contributed by atoms with van der Waals surface area (Å²) in [5.74, 6) is -2.06. The van der Waals surface area contributed by atoms with E-state index < -0.39 is 34.5 Å². The summed E-state index contributed by atoms with van der Waals surface area (Å²) < 4.78 is 18.0. The van der Waals surface area contributed by atoms with Crippen LogP contribution in [0.25, 0.3) is 0 Å². The van der Waals surface area contributed by atoms with Crippen molar-refractivity contribution in [1.29, 1.82) is 21.2 Å². The molecule has 0 radical (unpaired) electrons. The van der Waals surface area contributed by atoms with Crippen LogP contribution in [0, 0.1) is 63.1 Å². The van der Waals surface area contributed by atoms with E-state index in [4.69, 9.17) is 19.6 Å². The smallest absolute Gasteiger partial charge is 0.244 e. The maximum Gasteiger partial charge on any atom is 0.244 e. The van der Waals surface area contributed by atoms with Crippen molar-refractivity contribution in [2.24, 2.45) is 16.7 Å². The lowest BCUT2D eigenvalue weighted by molar-refractivity contribution is -0.288. The van der Waals surface area contributed by atoms with Gasteiger partial charge in [-0.3, -0.25) is 5.41 Å². The minimum absolute atomic E-state index is 0.426. The minimum atomic E-state index is -1.99. The normalized spacial score (nSPS) is 29.8. The number of nitrogens with zero attached hydrogens (tertiary/aromatic N) is 3. The molecule has 2 fully saturated rings. The Hall–Kier alpha value is -3.86. The number of aryl methyl sites for hydroxylation is 1. The molecular weight excluding hydrogens is 404 g/mol. The Morgan fingerprint density at radius 1 is 1.00 bits per heavy atom. The fourth-order valence-electron chi connectivity index (χ4n) is 4.86. The molecule has 2 aromatic rings. The zero-order chi connectivity index (χ0) is 23.1. The predicted molar refractivity (Wildman–Crippen MR) is 114 cm³/mol. The Balaban J connectivity index is 1.97. The van der Waals surface area contributed by atoms with Gasteiger partial charge in [0, 0.05) is 5.56 Å². The van der Waals surface area contributed by atoms with Gasteiger partial charge in [-0.15, -0.1) is 0 Å². The van der Waals surface area contributed by atoms with E-state index in [0.717, 1.165) is 5.56 Å². The number of benzene rings is 2. The third-order valence-electron chi connectivity index (χ3n) is 6.62. The molecule has 7 nitrogen and oxygen atoms in total. The summed E-state index contributed by atoms with van der Waals surface area (Å²) >= 11 is 0. The first-order chi connectivity index (χ1) is 15.3. The number of ether oxygens (including phenoxy) is 3. The van der Waals surface area contributed by atoms with E-state index in [-0.39, 0.29) is 0 Å². The molecule has 2 heterocycles. The average molecular weight is 426 g/mol. The Kier molecular flexibility index (Phi) is 4.93. The monoisotopic (exact) mass is 426 g/mol. The Morgan fingerprint density at radius 3 is 2.16 bits per heavy atom. The van der Waals surface area contributed by atoms with Crippen LogP contribution >= 0.6 is 0 Å². The van der Waals surface area contributed by atoms with Crippen LogP contribution in [0.15, 0.2) is 48.5 Å². The molecular formula is C25H22N4O3. The molecule has 0 amide bonds. The van der Waals surface area contributed by atoms with E-state index in [2.05, 4.69) is 18.2 Å². The van der Waals surface area contributed by atoms with Gasteiger partial charge in [-0.2, -0.15) is 15.8 Å². The van der Waals surface area contributed by atoms with Gasteiger partial charge < -0.3 is 14.2 Å². The molecule has 4 rings (SSSR count). The van der Waals surface area contributed by atoms with Gasteiger partial charge in [0.25, 0.3) is 0 Å². The molecule has 0 aliphatic carbocycles. The highest BCUT2D eigenvalue weighted by Gasteiger charge is 2.79. The van der Waals surface area contributed by atoms with Crippen LogP contribution in [0.3, 0.4) is 0 Å². The third-order valence-corrected chi connectivity index (χ3v) is 6.62. The van der Waals surface area contributed by atoms with Crippen LogP contribution in [-0.2, 0) is 15.3 Å². The summed E-state index contributed by atoms with van der Waals surface area (Å²) in [4.78, 5) is 0. The van der Waals surface area contributed by atoms with Gasteiger partial charge in [-0.1, -0.05) is 48.9 Å². The molecule has 0 spiro atoms. The summed E-state index contributed by atoms with van der Waals surface area (Å²) in [5.41, 5.74) is -1.63. The quantitative estimate of drug-likeness (QED) is 0.767. The first-order valence-corrected chi connectivity index (χ1v) is 10.3. The zero-order valence-electron chi connectivity index (χ0n) is 18.0. The van der Waals surface area contributed by atoms with Crippen molar-refractivity contribution in [1.82, 2.24) is 0 Å². The SMILES string of the molecule is CCOc1ccc(C2OC3(c4ccc(C)cc4)OC(=N)C(C#N)(C3C)C2(C#N)C#N)cc1. The Labute approximate surface area is 186 Å². The molecule has 7 heteroatoms. The lowest BCUT2D eigenvalue weighted by Crippen LogP contribution is -2.57. The van der Waals surface area contributed by atoms with Gasteiger partial charge in [-0.25, -0.2) is 0 Å². The van der Waals surface area contributed by atoms with Crippen molar-refractivity contribution in [2.75, 3.05) is 6.61 Å². The summed E-state index contributed by atoms with van der Waals surface area (Å²) in [6.07, 6.45) is -1.13. The average Bonchev–Trinajstić information content (AvgIpc) is 2.96. The van der Waals surface area contributed by atoms with E-state index in [1.807, 2.05) is 38.1 Å². The molecule has 1 N–H and O–H groups in total. The first-order valence-electron chi connectivity index (χ1n) is 10.3. The second-order valence-corrected chi connectivity index (χ2v) is 8.14. The van der Waals surface area contributed by atoms with Gasteiger partial charge in [0.2, 0.25) is 17.1 Å². The number of nitriles is 3. The van der Waals surface area contributed by atoms with Gasteiger partial charge in [0.05, 0.1) is 30.7 Å². The molecule has 2 aliphatic rings. The van der Waals surface area contributed by atoms with E-state index in [9.17, 15) is 15.8 Å². The fourth-order valence-corrected chi connectivity index (χ4v) is 4.86. The zero-order valence-corrected chi connectivity index (χ0v) is 18.0. The van der Waals surface area contributed by atoms with Gasteiger partial charge in [0.15, 0.2) is 5.41 Å². The lowest BCUT2D eigenvalue weighted by Gasteiger charge is -2.48. The summed E-state index contributed by atoms with van der Waals surface area (Å²) in [5, 5.41) is 39.5. The Morgan fingerprint density at radius 2 is 1.62 bits per heavy atom. The molecule has 2 aliphatic heterocycles. The van der Waals surface area contributed by atoms with Crippen LogP contribution in [0.2, 0.25) is 0 Å². The minimum Gasteiger partial charge on any atom is -0.494 e. The Bertz CT molecular complexity index is 1170. The van der Waals surface area contributed by atoms with Crippen LogP contribution in [0.1, 0.15) is 36.6 Å². The standard InChI is InChI=1S/C25H22N4O3/c1-4-30-20-11-7-18(8-12-20)21-23(13-26,14-27)24(15-28)17(3)25(31-21,32-22(24)29)19-9-5-16(2)6-10-19/h5-12,17,21,29H,4H2,1-3H3. The first kappa shape index (κ1) is 21.4. The lowest BCUT2D eigenvalue weighted by atomic mass is 9.53. The van der Waals surface area contributed by atoms with Crippen LogP contribution in [0.5, 0.6) is 5.75 Å². The van der Waals surface area contributed by atoms with E-state index in [1.54, 1.807) is 31.2 Å². The largest absolute Gasteiger partial charge is 0.494 e. The number of hydrogen-bond acceptors (Lipinski definition) is 7. The van der Waals surface area contributed by atoms with Crippen molar-refractivity contribution in [2.45, 2.75) is 32.7 Å². The van der Waals surface area contributed by atoms with Gasteiger partial charge in [-0.05, 0) is 31.5 Å². The maximum atomic E-state index is 10.3. The number of fused-ring (bicyclic) bond motifs is 2. The van der Waals surface area contributed by atoms with Gasteiger partial charge >= 0.3 is 0 Å². The summed E-state index contributed by atoms with van der Waals surface area (Å²) in [6.45, 7) is 6.01. The molecule has 2 saturated heterocycles. The van der Waals surface area contributed by atoms with Crippen LogP contribution in [-0.4, -0.2) is 12.5 Å². The van der Waals surface area contributed by atoms with E-state index in [0.29, 0.717) is 23.5 Å². The molecule has 2 aromatic carbocycles. The van der Waals surface area contributed by atoms with E-state index in [1.165, 1.54) is 0 Å². The second-order valence-electron chi connectivity index (χ2n) is 8.14. The fraction of sp³-hybridized carbons (Fsp3) is 0.360. The van der Waals surface area contributed by atoms with Crippen molar-refractivity contribution in [3.05, 3.63) is 65.2 Å². The van der Waals surface area contributed by atoms with Crippen molar-refractivity contribution >= 4 is 5.90 Å². The van der Waals surface area contributed by atoms with Crippen LogP contribution in [0.4, 0.5) is 0 Å². The summed E-state index contributed by atoms with van der Waals surface area (Å²) in [7, 11) is 0. The molecule has 2 bridgehead atoms. The third kappa shape index (κ3) is 2.51. The van der Waals surface area contributed by atoms with Crippen molar-refractivity contribution in [3.63, 3.8) is 0 Å². The molecule has 0 saturated carbocycles. The van der Waals surface area contributed by atoms with Crippen molar-refractivity contribution in [3.8, 4) is 24.0 Å². The van der Waals surface area contributed by atoms with Crippen LogP contribution < -0.4 is 4.74 Å². The number of nitrogens with one attached hydrogen (secondary N) is 1. The molecule has 32 heavy (non-hydrogen) atoms. The molecule has 4 unspecified atom stereocenters. The molecule has 0 aromatic heterocycles. The molecule has 160 valence electrons. The predicted octanol–water partition coefficient (Wildman–Crippen LogP) is 4.51. The topological polar surface area (TPSA) is 123 Å². The number of rotatable bonds is 4. The number of hydrogen-bond donors (Lipinski definition) is 1. The van der Waals surface area contributed by atoms with Gasteiger partial charge in [0.1, 0.15) is 11.9 Å². The summed E-state index contributed by atoms with van der Waals surface area (Å²) in [6, 6.07) is 20.6. The molecule has 4 atom stereocenters. The van der Waals surface area contributed by atoms with Crippen molar-refractivity contribution < 1.29 is 14.2 Å².